The maximum atomic E-state index is 4.43. The van der Waals surface area contributed by atoms with Crippen molar-refractivity contribution in [1.82, 2.24) is 20.0 Å². The molecule has 0 aliphatic carbocycles. The zero-order chi connectivity index (χ0) is 11.4. The molecule has 0 amide bonds. The Morgan fingerprint density at radius 2 is 2.44 bits per heavy atom. The van der Waals surface area contributed by atoms with E-state index in [1.165, 1.54) is 25.1 Å². The highest BCUT2D eigenvalue weighted by Crippen LogP contribution is 2.12. The minimum atomic E-state index is 0.669. The number of hydrogen-bond acceptors (Lipinski definition) is 3. The van der Waals surface area contributed by atoms with Gasteiger partial charge in [0.2, 0.25) is 0 Å². The molecule has 0 spiro atoms. The number of nitrogens with one attached hydrogen (secondary N) is 1. The Morgan fingerprint density at radius 1 is 1.56 bits per heavy atom. The largest absolute Gasteiger partial charge is 0.313 e. The van der Waals surface area contributed by atoms with Crippen molar-refractivity contribution in [1.29, 1.82) is 0 Å². The van der Waals surface area contributed by atoms with Gasteiger partial charge in [0, 0.05) is 32.4 Å². The summed E-state index contributed by atoms with van der Waals surface area (Å²) in [6.07, 6.45) is 4.62. The van der Waals surface area contributed by atoms with Gasteiger partial charge in [0.25, 0.3) is 0 Å². The molecule has 2 heterocycles. The lowest BCUT2D eigenvalue weighted by Crippen LogP contribution is -2.45. The van der Waals surface area contributed by atoms with Crippen LogP contribution in [-0.4, -0.2) is 40.4 Å². The summed E-state index contributed by atoms with van der Waals surface area (Å²) in [4.78, 5) is 2.50. The average molecular weight is 222 g/mol. The summed E-state index contributed by atoms with van der Waals surface area (Å²) < 4.78 is 1.88. The Kier molecular flexibility index (Phi) is 3.96. The van der Waals surface area contributed by atoms with Crippen molar-refractivity contribution >= 4 is 0 Å². The van der Waals surface area contributed by atoms with Crippen molar-refractivity contribution in [3.8, 4) is 0 Å². The Morgan fingerprint density at radius 3 is 3.12 bits per heavy atom. The van der Waals surface area contributed by atoms with Crippen LogP contribution in [0.25, 0.3) is 0 Å². The summed E-state index contributed by atoms with van der Waals surface area (Å²) in [5.74, 6) is 0. The number of nitrogens with zero attached hydrogens (tertiary/aromatic N) is 3. The lowest BCUT2D eigenvalue weighted by atomic mass is 10.1. The fraction of sp³-hybridized carbons (Fsp3) is 0.750. The third-order valence-corrected chi connectivity index (χ3v) is 3.15. The number of piperidine rings is 1. The van der Waals surface area contributed by atoms with Crippen LogP contribution in [0.5, 0.6) is 0 Å². The van der Waals surface area contributed by atoms with Crippen LogP contribution in [0, 0.1) is 0 Å². The van der Waals surface area contributed by atoms with Crippen molar-refractivity contribution in [3.63, 3.8) is 0 Å². The lowest BCUT2D eigenvalue weighted by Gasteiger charge is -2.32. The Balaban J connectivity index is 1.85. The molecule has 1 aromatic heterocycles. The van der Waals surface area contributed by atoms with E-state index in [2.05, 4.69) is 28.3 Å². The summed E-state index contributed by atoms with van der Waals surface area (Å²) in [5, 5.41) is 7.97. The van der Waals surface area contributed by atoms with Crippen LogP contribution in [0.15, 0.2) is 12.3 Å². The highest BCUT2D eigenvalue weighted by atomic mass is 15.3. The predicted octanol–water partition coefficient (Wildman–Crippen LogP) is 0.994. The van der Waals surface area contributed by atoms with Crippen LogP contribution in [0.1, 0.15) is 25.5 Å². The first-order chi connectivity index (χ1) is 7.78. The van der Waals surface area contributed by atoms with E-state index in [-0.39, 0.29) is 0 Å². The Hall–Kier alpha value is -0.870. The van der Waals surface area contributed by atoms with Gasteiger partial charge in [-0.3, -0.25) is 9.58 Å². The minimum absolute atomic E-state index is 0.669. The fourth-order valence-electron chi connectivity index (χ4n) is 2.43. The molecule has 4 heteroatoms. The molecule has 1 aliphatic rings. The van der Waals surface area contributed by atoms with Crippen LogP contribution in [-0.2, 0) is 13.6 Å². The van der Waals surface area contributed by atoms with Crippen molar-refractivity contribution in [3.05, 3.63) is 18.0 Å². The van der Waals surface area contributed by atoms with E-state index in [0.717, 1.165) is 19.6 Å². The molecule has 0 radical (unpaired) electrons. The fourth-order valence-corrected chi connectivity index (χ4v) is 2.43. The van der Waals surface area contributed by atoms with Gasteiger partial charge < -0.3 is 5.32 Å². The first-order valence-electron chi connectivity index (χ1n) is 6.22. The molecule has 16 heavy (non-hydrogen) atoms. The SMILES string of the molecule is CCNC1CCCN(Cc2ccn(C)n2)C1. The molecule has 1 atom stereocenters. The highest BCUT2D eigenvalue weighted by molar-refractivity contribution is 4.99. The molecule has 0 aromatic carbocycles. The van der Waals surface area contributed by atoms with E-state index < -0.39 is 0 Å². The molecule has 0 bridgehead atoms. The first-order valence-corrected chi connectivity index (χ1v) is 6.22. The van der Waals surface area contributed by atoms with Crippen LogP contribution in [0.4, 0.5) is 0 Å². The monoisotopic (exact) mass is 222 g/mol. The maximum Gasteiger partial charge on any atom is 0.0764 e. The van der Waals surface area contributed by atoms with E-state index in [1.807, 2.05) is 17.9 Å². The molecular weight excluding hydrogens is 200 g/mol. The van der Waals surface area contributed by atoms with Crippen molar-refractivity contribution in [2.75, 3.05) is 19.6 Å². The average Bonchev–Trinajstić information content (AvgIpc) is 2.65. The highest BCUT2D eigenvalue weighted by Gasteiger charge is 2.19. The molecule has 4 nitrogen and oxygen atoms in total. The van der Waals surface area contributed by atoms with Gasteiger partial charge in [-0.15, -0.1) is 0 Å². The van der Waals surface area contributed by atoms with E-state index in [4.69, 9.17) is 0 Å². The minimum Gasteiger partial charge on any atom is -0.313 e. The molecule has 0 saturated carbocycles. The summed E-state index contributed by atoms with van der Waals surface area (Å²) in [5.41, 5.74) is 1.18. The lowest BCUT2D eigenvalue weighted by molar-refractivity contribution is 0.182. The van der Waals surface area contributed by atoms with Crippen LogP contribution >= 0.6 is 0 Å². The summed E-state index contributed by atoms with van der Waals surface area (Å²) in [7, 11) is 1.97. The molecular formula is C12H22N4. The van der Waals surface area contributed by atoms with Gasteiger partial charge in [0.15, 0.2) is 0 Å². The number of hydrogen-bond donors (Lipinski definition) is 1. The second kappa shape index (κ2) is 5.46. The van der Waals surface area contributed by atoms with E-state index >= 15 is 0 Å². The topological polar surface area (TPSA) is 33.1 Å². The molecule has 1 fully saturated rings. The smallest absolute Gasteiger partial charge is 0.0764 e. The van der Waals surface area contributed by atoms with Gasteiger partial charge in [0.05, 0.1) is 5.69 Å². The summed E-state index contributed by atoms with van der Waals surface area (Å²) in [6, 6.07) is 2.78. The Labute approximate surface area is 97.6 Å². The molecule has 1 saturated heterocycles. The van der Waals surface area contributed by atoms with Gasteiger partial charge in [-0.25, -0.2) is 0 Å². The number of rotatable bonds is 4. The number of likely N-dealkylation sites (tertiary alicyclic amines) is 1. The zero-order valence-corrected chi connectivity index (χ0v) is 10.3. The standard InChI is InChI=1S/C12H22N4/c1-3-13-11-5-4-7-16(9-11)10-12-6-8-15(2)14-12/h6,8,11,13H,3-5,7,9-10H2,1-2H3. The quantitative estimate of drug-likeness (QED) is 0.825. The van der Waals surface area contributed by atoms with Gasteiger partial charge >= 0.3 is 0 Å². The number of aryl methyl sites for hydroxylation is 1. The zero-order valence-electron chi connectivity index (χ0n) is 10.3. The third kappa shape index (κ3) is 3.06. The second-order valence-electron chi connectivity index (χ2n) is 4.61. The molecule has 90 valence electrons. The maximum absolute atomic E-state index is 4.43. The third-order valence-electron chi connectivity index (χ3n) is 3.15. The van der Waals surface area contributed by atoms with E-state index in [1.54, 1.807) is 0 Å². The molecule has 2 rings (SSSR count). The predicted molar refractivity (Wildman–Crippen MR) is 65.2 cm³/mol. The molecule has 1 unspecified atom stereocenters. The number of aromatic nitrogens is 2. The molecule has 1 aromatic rings. The van der Waals surface area contributed by atoms with Gasteiger partial charge in [-0.1, -0.05) is 6.92 Å². The van der Waals surface area contributed by atoms with Crippen LogP contribution in [0.2, 0.25) is 0 Å². The van der Waals surface area contributed by atoms with E-state index in [0.29, 0.717) is 6.04 Å². The first kappa shape index (κ1) is 11.6. The van der Waals surface area contributed by atoms with Crippen LogP contribution < -0.4 is 5.32 Å². The van der Waals surface area contributed by atoms with Gasteiger partial charge in [-0.2, -0.15) is 5.10 Å². The molecule has 1 N–H and O–H groups in total. The van der Waals surface area contributed by atoms with Crippen molar-refractivity contribution in [2.24, 2.45) is 7.05 Å². The Bertz CT molecular complexity index is 319. The van der Waals surface area contributed by atoms with E-state index in [9.17, 15) is 0 Å². The van der Waals surface area contributed by atoms with Crippen molar-refractivity contribution in [2.45, 2.75) is 32.4 Å². The van der Waals surface area contributed by atoms with Crippen LogP contribution in [0.3, 0.4) is 0 Å². The summed E-state index contributed by atoms with van der Waals surface area (Å²) >= 11 is 0. The molecule has 1 aliphatic heterocycles. The normalized spacial score (nSPS) is 22.5. The van der Waals surface area contributed by atoms with Gasteiger partial charge in [-0.05, 0) is 32.0 Å². The number of likely N-dealkylation sites (N-methyl/N-ethyl adjacent to an activating group) is 1. The van der Waals surface area contributed by atoms with Crippen molar-refractivity contribution < 1.29 is 0 Å². The summed E-state index contributed by atoms with van der Waals surface area (Å²) in [6.45, 7) is 6.60. The van der Waals surface area contributed by atoms with Gasteiger partial charge in [0.1, 0.15) is 0 Å². The second-order valence-corrected chi connectivity index (χ2v) is 4.61.